The lowest BCUT2D eigenvalue weighted by atomic mass is 9.74. The van der Waals surface area contributed by atoms with Crippen molar-refractivity contribution in [2.75, 3.05) is 0 Å². The zero-order chi connectivity index (χ0) is 8.20. The lowest BCUT2D eigenvalue weighted by Gasteiger charge is -2.31. The predicted octanol–water partition coefficient (Wildman–Crippen LogP) is 3.82. The second kappa shape index (κ2) is 4.00. The molecule has 0 spiro atoms. The van der Waals surface area contributed by atoms with Gasteiger partial charge in [-0.3, -0.25) is 0 Å². The summed E-state index contributed by atoms with van der Waals surface area (Å²) >= 11 is 0. The first-order valence-corrected chi connectivity index (χ1v) is 4.37. The van der Waals surface area contributed by atoms with Gasteiger partial charge in [0.1, 0.15) is 0 Å². The van der Waals surface area contributed by atoms with E-state index in [0.717, 1.165) is 0 Å². The summed E-state index contributed by atoms with van der Waals surface area (Å²) < 4.78 is 0. The smallest absolute Gasteiger partial charge is 0.0244 e. The highest BCUT2D eigenvalue weighted by atomic mass is 14.3. The van der Waals surface area contributed by atoms with Crippen LogP contribution in [0.25, 0.3) is 0 Å². The van der Waals surface area contributed by atoms with Gasteiger partial charge in [-0.15, -0.1) is 0 Å². The van der Waals surface area contributed by atoms with Gasteiger partial charge in [0, 0.05) is 0 Å². The molecule has 0 aromatic carbocycles. The van der Waals surface area contributed by atoms with Crippen molar-refractivity contribution in [1.82, 2.24) is 0 Å². The zero-order valence-electron chi connectivity index (χ0n) is 8.12. The topological polar surface area (TPSA) is 0 Å². The average Bonchev–Trinajstić information content (AvgIpc) is 1.88. The summed E-state index contributed by atoms with van der Waals surface area (Å²) in [6.07, 6.45) is 3.92. The van der Waals surface area contributed by atoms with Crippen LogP contribution in [0.1, 0.15) is 53.9 Å². The Kier molecular flexibility index (Phi) is 4.00. The third-order valence-electron chi connectivity index (χ3n) is 2.79. The highest BCUT2D eigenvalue weighted by molar-refractivity contribution is 4.96. The van der Waals surface area contributed by atoms with Crippen molar-refractivity contribution < 1.29 is 0 Å². The first-order chi connectivity index (χ1) is 4.56. The molecule has 61 valence electrons. The molecular weight excluding hydrogens is 120 g/mol. The van der Waals surface area contributed by atoms with Gasteiger partial charge in [-0.25, -0.2) is 0 Å². The second-order valence-corrected chi connectivity index (χ2v) is 3.66. The van der Waals surface area contributed by atoms with Gasteiger partial charge in [0.2, 0.25) is 0 Å². The van der Waals surface area contributed by atoms with E-state index in [4.69, 9.17) is 0 Å². The molecule has 1 atom stereocenters. The van der Waals surface area contributed by atoms with Crippen molar-refractivity contribution in [3.05, 3.63) is 5.92 Å². The van der Waals surface area contributed by atoms with Crippen LogP contribution in [0.2, 0.25) is 0 Å². The van der Waals surface area contributed by atoms with E-state index in [0.29, 0.717) is 5.41 Å². The summed E-state index contributed by atoms with van der Waals surface area (Å²) in [7, 11) is 0. The summed E-state index contributed by atoms with van der Waals surface area (Å²) in [5.74, 6) is 1.58. The fourth-order valence-corrected chi connectivity index (χ4v) is 1.33. The first-order valence-electron chi connectivity index (χ1n) is 4.37. The van der Waals surface area contributed by atoms with Crippen LogP contribution in [0.3, 0.4) is 0 Å². The predicted molar refractivity (Wildman–Crippen MR) is 47.9 cm³/mol. The van der Waals surface area contributed by atoms with Crippen LogP contribution in [-0.2, 0) is 0 Å². The quantitative estimate of drug-likeness (QED) is 0.558. The summed E-state index contributed by atoms with van der Waals surface area (Å²) in [5, 5.41) is 0. The fraction of sp³-hybridized carbons (Fsp3) is 0.900. The van der Waals surface area contributed by atoms with Crippen LogP contribution >= 0.6 is 0 Å². The van der Waals surface area contributed by atoms with Crippen molar-refractivity contribution in [3.8, 4) is 0 Å². The van der Waals surface area contributed by atoms with Crippen molar-refractivity contribution >= 4 is 0 Å². The van der Waals surface area contributed by atoms with Crippen molar-refractivity contribution in [2.24, 2.45) is 5.41 Å². The zero-order valence-corrected chi connectivity index (χ0v) is 8.12. The van der Waals surface area contributed by atoms with Gasteiger partial charge in [0.25, 0.3) is 0 Å². The highest BCUT2D eigenvalue weighted by Gasteiger charge is 2.24. The highest BCUT2D eigenvalue weighted by Crippen LogP contribution is 2.36. The maximum Gasteiger partial charge on any atom is -0.0244 e. The molecule has 0 aliphatic heterocycles. The Labute approximate surface area is 66.0 Å². The van der Waals surface area contributed by atoms with Gasteiger partial charge >= 0.3 is 0 Å². The third kappa shape index (κ3) is 2.32. The van der Waals surface area contributed by atoms with Gasteiger partial charge < -0.3 is 0 Å². The maximum atomic E-state index is 2.37. The molecule has 0 nitrogen and oxygen atoms in total. The van der Waals surface area contributed by atoms with Crippen LogP contribution in [0.5, 0.6) is 0 Å². The molecule has 0 fully saturated rings. The lowest BCUT2D eigenvalue weighted by Crippen LogP contribution is -2.20. The molecule has 0 bridgehead atoms. The van der Waals surface area contributed by atoms with Gasteiger partial charge in [-0.05, 0) is 17.8 Å². The molecule has 0 heteroatoms. The third-order valence-corrected chi connectivity index (χ3v) is 2.79. The minimum Gasteiger partial charge on any atom is -0.0654 e. The van der Waals surface area contributed by atoms with Crippen LogP contribution in [0.4, 0.5) is 0 Å². The summed E-state index contributed by atoms with van der Waals surface area (Å²) in [6.45, 7) is 11.4. The molecule has 0 amide bonds. The molecule has 0 aliphatic carbocycles. The standard InChI is InChI=1S/C10H21/c1-6-8-10(5,7-2)9(3)4/h6-8H2,1-5H3. The minimum absolute atomic E-state index is 0.509. The summed E-state index contributed by atoms with van der Waals surface area (Å²) in [4.78, 5) is 0. The SMILES string of the molecule is CCCC(C)(CC)[C](C)C. The van der Waals surface area contributed by atoms with Crippen LogP contribution in [0.15, 0.2) is 0 Å². The van der Waals surface area contributed by atoms with E-state index in [2.05, 4.69) is 34.6 Å². The Morgan fingerprint density at radius 2 is 1.70 bits per heavy atom. The Morgan fingerprint density at radius 3 is 1.80 bits per heavy atom. The number of hydrogen-bond acceptors (Lipinski definition) is 0. The average molecular weight is 141 g/mol. The van der Waals surface area contributed by atoms with Gasteiger partial charge in [0.15, 0.2) is 0 Å². The van der Waals surface area contributed by atoms with Crippen LogP contribution in [0, 0.1) is 11.3 Å². The van der Waals surface area contributed by atoms with E-state index < -0.39 is 0 Å². The van der Waals surface area contributed by atoms with E-state index in [1.54, 1.807) is 5.92 Å². The molecule has 0 heterocycles. The minimum atomic E-state index is 0.509. The number of hydrogen-bond donors (Lipinski definition) is 0. The monoisotopic (exact) mass is 141 g/mol. The summed E-state index contributed by atoms with van der Waals surface area (Å²) in [6, 6.07) is 0. The first kappa shape index (κ1) is 10.0. The lowest BCUT2D eigenvalue weighted by molar-refractivity contribution is 0.302. The molecule has 0 aromatic rings. The van der Waals surface area contributed by atoms with Crippen molar-refractivity contribution in [2.45, 2.75) is 53.9 Å². The van der Waals surface area contributed by atoms with E-state index >= 15 is 0 Å². The van der Waals surface area contributed by atoms with Gasteiger partial charge in [-0.1, -0.05) is 47.5 Å². The molecule has 0 aromatic heterocycles. The molecule has 0 aliphatic rings. The van der Waals surface area contributed by atoms with E-state index in [1.165, 1.54) is 19.3 Å². The van der Waals surface area contributed by atoms with E-state index in [1.807, 2.05) is 0 Å². The Hall–Kier alpha value is 0. The van der Waals surface area contributed by atoms with E-state index in [9.17, 15) is 0 Å². The Balaban J connectivity index is 3.94. The summed E-state index contributed by atoms with van der Waals surface area (Å²) in [5.41, 5.74) is 0.509. The van der Waals surface area contributed by atoms with E-state index in [-0.39, 0.29) is 0 Å². The van der Waals surface area contributed by atoms with Gasteiger partial charge in [0.05, 0.1) is 0 Å². The Morgan fingerprint density at radius 1 is 1.20 bits per heavy atom. The molecule has 0 rings (SSSR count). The van der Waals surface area contributed by atoms with Crippen LogP contribution in [-0.4, -0.2) is 0 Å². The molecule has 0 N–H and O–H groups in total. The van der Waals surface area contributed by atoms with Crippen molar-refractivity contribution in [1.29, 1.82) is 0 Å². The largest absolute Gasteiger partial charge is 0.0654 e. The van der Waals surface area contributed by atoms with Crippen LogP contribution < -0.4 is 0 Å². The molecular formula is C10H21. The molecule has 1 unspecified atom stereocenters. The second-order valence-electron chi connectivity index (χ2n) is 3.66. The molecule has 0 saturated heterocycles. The fourth-order valence-electron chi connectivity index (χ4n) is 1.33. The normalized spacial score (nSPS) is 17.4. The molecule has 1 radical (unpaired) electrons. The van der Waals surface area contributed by atoms with Gasteiger partial charge in [-0.2, -0.15) is 0 Å². The Bertz CT molecular complexity index is 84.0. The number of rotatable bonds is 4. The molecule has 0 saturated carbocycles. The maximum absolute atomic E-state index is 2.37. The molecule has 10 heavy (non-hydrogen) atoms. The van der Waals surface area contributed by atoms with Crippen molar-refractivity contribution in [3.63, 3.8) is 0 Å².